The van der Waals surface area contributed by atoms with Gasteiger partial charge in [0.15, 0.2) is 0 Å². The number of nitrogens with two attached hydrogens (primary N) is 1. The van der Waals surface area contributed by atoms with Gasteiger partial charge in [-0.3, -0.25) is 4.79 Å². The molecule has 7 heteroatoms. The highest BCUT2D eigenvalue weighted by Crippen LogP contribution is 2.31. The lowest BCUT2D eigenvalue weighted by Crippen LogP contribution is -2.22. The number of rotatable bonds is 2. The van der Waals surface area contributed by atoms with Gasteiger partial charge in [0.25, 0.3) is 0 Å². The van der Waals surface area contributed by atoms with Crippen LogP contribution in [0.25, 0.3) is 16.6 Å². The zero-order valence-electron chi connectivity index (χ0n) is 16.2. The monoisotopic (exact) mass is 386 g/mol. The van der Waals surface area contributed by atoms with Gasteiger partial charge in [-0.1, -0.05) is 0 Å². The molecule has 0 aliphatic rings. The van der Waals surface area contributed by atoms with E-state index in [9.17, 15) is 18.4 Å². The van der Waals surface area contributed by atoms with Gasteiger partial charge in [0.2, 0.25) is 5.43 Å². The van der Waals surface area contributed by atoms with Gasteiger partial charge in [0, 0.05) is 6.20 Å². The second kappa shape index (κ2) is 6.74. The van der Waals surface area contributed by atoms with Gasteiger partial charge in [-0.05, 0) is 62.1 Å². The first kappa shape index (κ1) is 19.5. The number of benzene rings is 2. The lowest BCUT2D eigenvalue weighted by molar-refractivity contribution is 0.0599. The lowest BCUT2D eigenvalue weighted by atomic mass is 9.97. The number of anilines is 1. The molecule has 0 atom stereocenters. The predicted octanol–water partition coefficient (Wildman–Crippen LogP) is 3.87. The fourth-order valence-corrected chi connectivity index (χ4v) is 3.45. The summed E-state index contributed by atoms with van der Waals surface area (Å²) < 4.78 is 34.9. The Morgan fingerprint density at radius 1 is 1.07 bits per heavy atom. The van der Waals surface area contributed by atoms with Crippen LogP contribution in [-0.2, 0) is 4.74 Å². The topological polar surface area (TPSA) is 74.3 Å². The van der Waals surface area contributed by atoms with Crippen LogP contribution in [0.1, 0.15) is 32.6 Å². The van der Waals surface area contributed by atoms with Gasteiger partial charge in [0.1, 0.15) is 17.2 Å². The Kier molecular flexibility index (Phi) is 4.71. The minimum absolute atomic E-state index is 0.0748. The Labute approximate surface area is 160 Å². The van der Waals surface area contributed by atoms with Gasteiger partial charge in [-0.2, -0.15) is 0 Å². The number of esters is 1. The molecule has 0 aliphatic heterocycles. The first-order chi connectivity index (χ1) is 13.1. The van der Waals surface area contributed by atoms with Crippen molar-refractivity contribution in [3.05, 3.63) is 68.0 Å². The molecule has 0 saturated heterocycles. The number of pyridine rings is 1. The standard InChI is InChI=1S/C21H20F2N2O3/c1-9-6-14(22)15(24)7-16(9)25-8-13(21(27)28-5)20(26)17-12(4)18(23)10(2)11(3)19(17)25/h6-8H,24H2,1-5H3. The number of aromatic nitrogens is 1. The average Bonchev–Trinajstić information content (AvgIpc) is 2.66. The molecule has 3 aromatic rings. The Hall–Kier alpha value is -3.22. The van der Waals surface area contributed by atoms with Crippen molar-refractivity contribution in [1.29, 1.82) is 0 Å². The number of fused-ring (bicyclic) bond motifs is 1. The highest BCUT2D eigenvalue weighted by Gasteiger charge is 2.23. The number of nitrogen functional groups attached to an aromatic ring is 1. The molecule has 2 aromatic carbocycles. The van der Waals surface area contributed by atoms with E-state index in [-0.39, 0.29) is 22.2 Å². The van der Waals surface area contributed by atoms with Crippen LogP contribution < -0.4 is 11.2 Å². The predicted molar refractivity (Wildman–Crippen MR) is 104 cm³/mol. The number of aryl methyl sites for hydroxylation is 3. The first-order valence-electron chi connectivity index (χ1n) is 8.59. The molecule has 0 unspecified atom stereocenters. The summed E-state index contributed by atoms with van der Waals surface area (Å²) >= 11 is 0. The second-order valence-electron chi connectivity index (χ2n) is 6.81. The van der Waals surface area contributed by atoms with Crippen LogP contribution >= 0.6 is 0 Å². The molecule has 0 aliphatic carbocycles. The molecule has 5 nitrogen and oxygen atoms in total. The Balaban J connectivity index is 2.63. The molecule has 0 saturated carbocycles. The van der Waals surface area contributed by atoms with Gasteiger partial charge < -0.3 is 15.0 Å². The molecule has 28 heavy (non-hydrogen) atoms. The maximum absolute atomic E-state index is 14.7. The van der Waals surface area contributed by atoms with Gasteiger partial charge in [0.05, 0.1) is 29.4 Å². The largest absolute Gasteiger partial charge is 0.465 e. The van der Waals surface area contributed by atoms with E-state index in [1.807, 2.05) is 0 Å². The number of ether oxygens (including phenoxy) is 1. The van der Waals surface area contributed by atoms with Gasteiger partial charge in [-0.15, -0.1) is 0 Å². The van der Waals surface area contributed by atoms with E-state index in [4.69, 9.17) is 10.5 Å². The highest BCUT2D eigenvalue weighted by atomic mass is 19.1. The Bertz CT molecular complexity index is 1210. The first-order valence-corrected chi connectivity index (χ1v) is 8.59. The van der Waals surface area contributed by atoms with Gasteiger partial charge >= 0.3 is 5.97 Å². The number of hydrogen-bond acceptors (Lipinski definition) is 4. The number of methoxy groups -OCH3 is 1. The normalized spacial score (nSPS) is 11.1. The van der Waals surface area contributed by atoms with Crippen molar-refractivity contribution in [2.24, 2.45) is 0 Å². The number of nitrogens with zero attached hydrogens (tertiary/aromatic N) is 1. The fraction of sp³-hybridized carbons (Fsp3) is 0.238. The molecule has 0 radical (unpaired) electrons. The van der Waals surface area contributed by atoms with Crippen LogP contribution in [-0.4, -0.2) is 17.6 Å². The third-order valence-corrected chi connectivity index (χ3v) is 5.14. The number of halogens is 2. The number of carbonyl (C=O) groups excluding carboxylic acids is 1. The van der Waals surface area contributed by atoms with Crippen molar-refractivity contribution >= 4 is 22.6 Å². The molecule has 0 fully saturated rings. The summed E-state index contributed by atoms with van der Waals surface area (Å²) in [4.78, 5) is 25.2. The minimum Gasteiger partial charge on any atom is -0.465 e. The van der Waals surface area contributed by atoms with Crippen molar-refractivity contribution in [3.8, 4) is 5.69 Å². The van der Waals surface area contributed by atoms with E-state index in [0.717, 1.165) is 7.11 Å². The molecule has 0 amide bonds. The van der Waals surface area contributed by atoms with Crippen LogP contribution in [0.4, 0.5) is 14.5 Å². The fourth-order valence-electron chi connectivity index (χ4n) is 3.45. The summed E-state index contributed by atoms with van der Waals surface area (Å²) in [5.41, 5.74) is 7.29. The highest BCUT2D eigenvalue weighted by molar-refractivity contribution is 5.96. The van der Waals surface area contributed by atoms with Crippen molar-refractivity contribution in [1.82, 2.24) is 4.57 Å². The zero-order chi connectivity index (χ0) is 20.9. The smallest absolute Gasteiger partial charge is 0.343 e. The third kappa shape index (κ3) is 2.74. The van der Waals surface area contributed by atoms with Crippen LogP contribution in [0.5, 0.6) is 0 Å². The molecule has 0 spiro atoms. The van der Waals surface area contributed by atoms with E-state index in [1.54, 1.807) is 25.3 Å². The van der Waals surface area contributed by atoms with Gasteiger partial charge in [-0.25, -0.2) is 13.6 Å². The van der Waals surface area contributed by atoms with Crippen molar-refractivity contribution in [3.63, 3.8) is 0 Å². The molecule has 1 heterocycles. The van der Waals surface area contributed by atoms with Crippen LogP contribution in [0.2, 0.25) is 0 Å². The van der Waals surface area contributed by atoms with E-state index in [0.29, 0.717) is 27.9 Å². The maximum Gasteiger partial charge on any atom is 0.343 e. The lowest BCUT2D eigenvalue weighted by Gasteiger charge is -2.20. The Morgan fingerprint density at radius 3 is 2.32 bits per heavy atom. The maximum atomic E-state index is 14.7. The quantitative estimate of drug-likeness (QED) is 0.536. The minimum atomic E-state index is -0.841. The van der Waals surface area contributed by atoms with E-state index in [1.165, 1.54) is 25.3 Å². The van der Waals surface area contributed by atoms with Crippen LogP contribution in [0.3, 0.4) is 0 Å². The van der Waals surface area contributed by atoms with Crippen LogP contribution in [0.15, 0.2) is 23.1 Å². The molecule has 3 rings (SSSR count). The molecule has 146 valence electrons. The third-order valence-electron chi connectivity index (χ3n) is 5.14. The molecular weight excluding hydrogens is 366 g/mol. The summed E-state index contributed by atoms with van der Waals surface area (Å²) in [7, 11) is 1.16. The molecule has 2 N–H and O–H groups in total. The van der Waals surface area contributed by atoms with E-state index < -0.39 is 23.0 Å². The zero-order valence-corrected chi connectivity index (χ0v) is 16.2. The summed E-state index contributed by atoms with van der Waals surface area (Å²) in [5.74, 6) is -1.92. The summed E-state index contributed by atoms with van der Waals surface area (Å²) in [6, 6.07) is 2.69. The summed E-state index contributed by atoms with van der Waals surface area (Å²) in [6.07, 6.45) is 1.33. The Morgan fingerprint density at radius 2 is 1.71 bits per heavy atom. The summed E-state index contributed by atoms with van der Waals surface area (Å²) in [6.45, 7) is 6.48. The molecular formula is C21H20F2N2O3. The van der Waals surface area contributed by atoms with E-state index in [2.05, 4.69) is 0 Å². The van der Waals surface area contributed by atoms with Crippen LogP contribution in [0, 0.1) is 39.3 Å². The average molecular weight is 386 g/mol. The summed E-state index contributed by atoms with van der Waals surface area (Å²) in [5, 5.41) is 0.0748. The molecule has 1 aromatic heterocycles. The van der Waals surface area contributed by atoms with Crippen molar-refractivity contribution in [2.45, 2.75) is 27.7 Å². The molecule has 0 bridgehead atoms. The SMILES string of the molecule is COC(=O)c1cn(-c2cc(N)c(F)cc2C)c2c(C)c(C)c(F)c(C)c2c1=O. The number of carbonyl (C=O) groups is 1. The number of hydrogen-bond donors (Lipinski definition) is 1. The van der Waals surface area contributed by atoms with Crippen molar-refractivity contribution in [2.75, 3.05) is 12.8 Å². The second-order valence-corrected chi connectivity index (χ2v) is 6.81. The van der Waals surface area contributed by atoms with Crippen molar-refractivity contribution < 1.29 is 18.3 Å². The van der Waals surface area contributed by atoms with E-state index >= 15 is 0 Å².